The van der Waals surface area contributed by atoms with Crippen molar-refractivity contribution in [2.24, 2.45) is 0 Å². The fourth-order valence-electron chi connectivity index (χ4n) is 2.56. The van der Waals surface area contributed by atoms with E-state index in [0.717, 1.165) is 34.9 Å². The lowest BCUT2D eigenvalue weighted by Crippen LogP contribution is -2.49. The molecule has 1 saturated heterocycles. The number of carboxylic acids is 1. The van der Waals surface area contributed by atoms with Crippen LogP contribution in [-0.2, 0) is 11.2 Å². The van der Waals surface area contributed by atoms with Crippen LogP contribution < -0.4 is 5.32 Å². The van der Waals surface area contributed by atoms with Gasteiger partial charge in [0.1, 0.15) is 0 Å². The Morgan fingerprint density at radius 1 is 1.43 bits per heavy atom. The van der Waals surface area contributed by atoms with Crippen LogP contribution in [0.3, 0.4) is 0 Å². The highest BCUT2D eigenvalue weighted by Crippen LogP contribution is 2.22. The van der Waals surface area contributed by atoms with Crippen molar-refractivity contribution in [1.82, 2.24) is 10.2 Å². The Labute approximate surface area is 132 Å². The summed E-state index contributed by atoms with van der Waals surface area (Å²) in [5.41, 5.74) is 0. The molecule has 2 amide bonds. The molecule has 2 rings (SSSR count). The van der Waals surface area contributed by atoms with Gasteiger partial charge in [0.05, 0.1) is 10.8 Å². The van der Waals surface area contributed by atoms with E-state index in [1.54, 1.807) is 4.90 Å². The van der Waals surface area contributed by atoms with Gasteiger partial charge in [-0.25, -0.2) is 4.79 Å². The van der Waals surface area contributed by atoms with Gasteiger partial charge in [-0.15, -0.1) is 11.3 Å². The average molecular weight is 331 g/mol. The van der Waals surface area contributed by atoms with Gasteiger partial charge < -0.3 is 15.3 Å². The van der Waals surface area contributed by atoms with Crippen LogP contribution in [0.1, 0.15) is 30.6 Å². The summed E-state index contributed by atoms with van der Waals surface area (Å²) in [6.45, 7) is 1.17. The lowest BCUT2D eigenvalue weighted by atomic mass is 10.00. The van der Waals surface area contributed by atoms with Crippen LogP contribution in [0.5, 0.6) is 0 Å². The minimum absolute atomic E-state index is 0.0218. The van der Waals surface area contributed by atoms with Crippen molar-refractivity contribution in [1.29, 1.82) is 0 Å². The predicted molar refractivity (Wildman–Crippen MR) is 83.0 cm³/mol. The minimum Gasteiger partial charge on any atom is -0.481 e. The van der Waals surface area contributed by atoms with E-state index in [2.05, 4.69) is 5.32 Å². The predicted octanol–water partition coefficient (Wildman–Crippen LogP) is 2.98. The molecular weight excluding hydrogens is 312 g/mol. The van der Waals surface area contributed by atoms with Gasteiger partial charge in [0.15, 0.2) is 0 Å². The number of aliphatic carboxylic acids is 1. The monoisotopic (exact) mass is 330 g/mol. The zero-order chi connectivity index (χ0) is 15.2. The molecule has 0 radical (unpaired) electrons. The maximum atomic E-state index is 12.2. The van der Waals surface area contributed by atoms with Crippen LogP contribution in [0, 0.1) is 0 Å². The molecule has 0 aromatic carbocycles. The molecule has 7 heteroatoms. The van der Waals surface area contributed by atoms with Gasteiger partial charge in [-0.3, -0.25) is 4.79 Å². The molecular formula is C14H19ClN2O3S. The lowest BCUT2D eigenvalue weighted by molar-refractivity contribution is -0.138. The van der Waals surface area contributed by atoms with Gasteiger partial charge in [0.2, 0.25) is 0 Å². The third kappa shape index (κ3) is 4.89. The number of amides is 2. The van der Waals surface area contributed by atoms with Crippen LogP contribution in [0.15, 0.2) is 12.1 Å². The zero-order valence-electron chi connectivity index (χ0n) is 11.7. The Balaban J connectivity index is 1.81. The number of rotatable bonds is 5. The number of likely N-dealkylation sites (tertiary alicyclic amines) is 1. The Morgan fingerprint density at radius 3 is 2.90 bits per heavy atom. The number of nitrogens with one attached hydrogen (secondary N) is 1. The number of carboxylic acid groups (broad SMARTS) is 1. The molecule has 0 aliphatic carbocycles. The number of hydrogen-bond acceptors (Lipinski definition) is 3. The van der Waals surface area contributed by atoms with E-state index in [1.165, 1.54) is 11.3 Å². The Bertz CT molecular complexity index is 506. The second kappa shape index (κ2) is 7.66. The summed E-state index contributed by atoms with van der Waals surface area (Å²) in [4.78, 5) is 25.8. The summed E-state index contributed by atoms with van der Waals surface area (Å²) in [7, 11) is 0. The highest BCUT2D eigenvalue weighted by molar-refractivity contribution is 7.16. The highest BCUT2D eigenvalue weighted by atomic mass is 35.5. The third-order valence-electron chi connectivity index (χ3n) is 3.57. The molecule has 5 nitrogen and oxygen atoms in total. The first-order chi connectivity index (χ1) is 10.1. The first-order valence-corrected chi connectivity index (χ1v) is 8.26. The molecule has 1 aliphatic rings. The summed E-state index contributed by atoms with van der Waals surface area (Å²) in [5.74, 6) is -0.854. The van der Waals surface area contributed by atoms with E-state index >= 15 is 0 Å². The number of thiophene rings is 1. The third-order valence-corrected chi connectivity index (χ3v) is 4.87. The number of piperidine rings is 1. The van der Waals surface area contributed by atoms with Crippen LogP contribution in [-0.4, -0.2) is 41.1 Å². The Morgan fingerprint density at radius 2 is 2.24 bits per heavy atom. The van der Waals surface area contributed by atoms with Crippen molar-refractivity contribution in [3.63, 3.8) is 0 Å². The summed E-state index contributed by atoms with van der Waals surface area (Å²) in [5, 5.41) is 11.8. The first-order valence-electron chi connectivity index (χ1n) is 7.06. The number of halogens is 1. The van der Waals surface area contributed by atoms with Gasteiger partial charge in [-0.05, 0) is 37.8 Å². The van der Waals surface area contributed by atoms with E-state index in [1.807, 2.05) is 12.1 Å². The van der Waals surface area contributed by atoms with E-state index in [-0.39, 0.29) is 18.5 Å². The normalized spacial score (nSPS) is 18.5. The number of carbonyl (C=O) groups excluding carboxylic acids is 1. The Kier molecular flexibility index (Phi) is 5.87. The number of urea groups is 1. The molecule has 1 aromatic rings. The van der Waals surface area contributed by atoms with Crippen LogP contribution in [0.4, 0.5) is 4.79 Å². The van der Waals surface area contributed by atoms with E-state index in [9.17, 15) is 9.59 Å². The van der Waals surface area contributed by atoms with Crippen LogP contribution in [0.2, 0.25) is 4.34 Å². The molecule has 1 unspecified atom stereocenters. The lowest BCUT2D eigenvalue weighted by Gasteiger charge is -2.34. The largest absolute Gasteiger partial charge is 0.481 e. The fourth-order valence-corrected chi connectivity index (χ4v) is 3.65. The van der Waals surface area contributed by atoms with Crippen molar-refractivity contribution in [3.05, 3.63) is 21.3 Å². The number of nitrogens with zero attached hydrogens (tertiary/aromatic N) is 1. The Hall–Kier alpha value is -1.27. The van der Waals surface area contributed by atoms with Gasteiger partial charge in [-0.2, -0.15) is 0 Å². The second-order valence-corrected chi connectivity index (χ2v) is 6.93. The van der Waals surface area contributed by atoms with Gasteiger partial charge in [0, 0.05) is 24.0 Å². The smallest absolute Gasteiger partial charge is 0.317 e. The standard InChI is InChI=1S/C14H19ClN2O3S/c15-12-5-4-11(21-12)6-7-16-14(20)17-8-2-1-3-10(17)9-13(18)19/h4-5,10H,1-3,6-9H2,(H,16,20)(H,18,19). The van der Waals surface area contributed by atoms with Crippen molar-refractivity contribution in [2.75, 3.05) is 13.1 Å². The molecule has 116 valence electrons. The molecule has 0 spiro atoms. The molecule has 2 heterocycles. The topological polar surface area (TPSA) is 69.6 Å². The van der Waals surface area contributed by atoms with Crippen molar-refractivity contribution < 1.29 is 14.7 Å². The fraction of sp³-hybridized carbons (Fsp3) is 0.571. The first kappa shape index (κ1) is 16.1. The van der Waals surface area contributed by atoms with Gasteiger partial charge in [0.25, 0.3) is 0 Å². The second-order valence-electron chi connectivity index (χ2n) is 5.13. The zero-order valence-corrected chi connectivity index (χ0v) is 13.3. The SMILES string of the molecule is O=C(O)CC1CCCCN1C(=O)NCCc1ccc(Cl)s1. The van der Waals surface area contributed by atoms with Gasteiger partial charge >= 0.3 is 12.0 Å². The van der Waals surface area contributed by atoms with E-state index < -0.39 is 5.97 Å². The summed E-state index contributed by atoms with van der Waals surface area (Å²) < 4.78 is 0.744. The minimum atomic E-state index is -0.854. The van der Waals surface area contributed by atoms with Gasteiger partial charge in [-0.1, -0.05) is 11.6 Å². The van der Waals surface area contributed by atoms with Crippen LogP contribution in [0.25, 0.3) is 0 Å². The quantitative estimate of drug-likeness (QED) is 0.872. The average Bonchev–Trinajstić information content (AvgIpc) is 2.84. The summed E-state index contributed by atoms with van der Waals surface area (Å²) in [6.07, 6.45) is 3.44. The van der Waals surface area contributed by atoms with Crippen molar-refractivity contribution in [3.8, 4) is 0 Å². The molecule has 0 bridgehead atoms. The number of carbonyl (C=O) groups is 2. The molecule has 1 aliphatic heterocycles. The maximum absolute atomic E-state index is 12.2. The highest BCUT2D eigenvalue weighted by Gasteiger charge is 2.28. The molecule has 2 N–H and O–H groups in total. The van der Waals surface area contributed by atoms with E-state index in [0.29, 0.717) is 13.1 Å². The summed E-state index contributed by atoms with van der Waals surface area (Å²) >= 11 is 7.37. The molecule has 1 atom stereocenters. The maximum Gasteiger partial charge on any atom is 0.317 e. The molecule has 1 fully saturated rings. The number of hydrogen-bond donors (Lipinski definition) is 2. The van der Waals surface area contributed by atoms with E-state index in [4.69, 9.17) is 16.7 Å². The molecule has 0 saturated carbocycles. The van der Waals surface area contributed by atoms with Crippen LogP contribution >= 0.6 is 22.9 Å². The van der Waals surface area contributed by atoms with Crippen molar-refractivity contribution in [2.45, 2.75) is 38.1 Å². The van der Waals surface area contributed by atoms with Crippen molar-refractivity contribution >= 4 is 34.9 Å². The molecule has 21 heavy (non-hydrogen) atoms. The summed E-state index contributed by atoms with van der Waals surface area (Å²) in [6, 6.07) is 3.44. The molecule has 1 aromatic heterocycles.